The molecule has 0 aromatic heterocycles. The van der Waals surface area contributed by atoms with E-state index in [1.807, 2.05) is 23.9 Å². The number of carbonyl (C=O) groups is 1. The minimum absolute atomic E-state index is 0.0673. The van der Waals surface area contributed by atoms with Crippen molar-refractivity contribution in [3.05, 3.63) is 35.4 Å². The first kappa shape index (κ1) is 15.4. The molecule has 110 valence electrons. The van der Waals surface area contributed by atoms with Gasteiger partial charge in [0.1, 0.15) is 0 Å². The van der Waals surface area contributed by atoms with Gasteiger partial charge in [-0.15, -0.1) is 0 Å². The number of thioether (sulfide) groups is 1. The van der Waals surface area contributed by atoms with Crippen molar-refractivity contribution in [2.75, 3.05) is 12.3 Å². The SMILES string of the molecule is CCSCc1ccc(C(=O)NCCC2CCCC2)cc1. The molecule has 1 saturated carbocycles. The predicted molar refractivity (Wildman–Crippen MR) is 87.2 cm³/mol. The number of amides is 1. The Kier molecular flexibility index (Phi) is 6.44. The van der Waals surface area contributed by atoms with Crippen molar-refractivity contribution >= 4 is 17.7 Å². The summed E-state index contributed by atoms with van der Waals surface area (Å²) in [5.74, 6) is 3.06. The van der Waals surface area contributed by atoms with Crippen LogP contribution in [-0.2, 0) is 5.75 Å². The zero-order chi connectivity index (χ0) is 14.2. The number of hydrogen-bond acceptors (Lipinski definition) is 2. The van der Waals surface area contributed by atoms with E-state index in [9.17, 15) is 4.79 Å². The molecule has 2 nitrogen and oxygen atoms in total. The van der Waals surface area contributed by atoms with Gasteiger partial charge in [-0.2, -0.15) is 11.8 Å². The molecule has 1 N–H and O–H groups in total. The van der Waals surface area contributed by atoms with Gasteiger partial charge < -0.3 is 5.32 Å². The van der Waals surface area contributed by atoms with Gasteiger partial charge in [0.05, 0.1) is 0 Å². The van der Waals surface area contributed by atoms with Gasteiger partial charge >= 0.3 is 0 Å². The molecule has 0 saturated heterocycles. The maximum Gasteiger partial charge on any atom is 0.251 e. The van der Waals surface area contributed by atoms with Gasteiger partial charge in [0.25, 0.3) is 5.91 Å². The molecule has 1 amide bonds. The Labute approximate surface area is 126 Å². The molecular formula is C17H25NOS. The molecular weight excluding hydrogens is 266 g/mol. The summed E-state index contributed by atoms with van der Waals surface area (Å²) in [6, 6.07) is 8.01. The molecule has 0 atom stereocenters. The molecule has 0 unspecified atom stereocenters. The maximum absolute atomic E-state index is 12.0. The van der Waals surface area contributed by atoms with E-state index in [-0.39, 0.29) is 5.91 Å². The summed E-state index contributed by atoms with van der Waals surface area (Å²) in [5, 5.41) is 3.04. The highest BCUT2D eigenvalue weighted by atomic mass is 32.2. The fraction of sp³-hybridized carbons (Fsp3) is 0.588. The molecule has 0 aliphatic heterocycles. The summed E-state index contributed by atoms with van der Waals surface area (Å²) in [6.45, 7) is 2.98. The van der Waals surface area contributed by atoms with Crippen molar-refractivity contribution in [3.63, 3.8) is 0 Å². The summed E-state index contributed by atoms with van der Waals surface area (Å²) in [6.07, 6.45) is 6.57. The van der Waals surface area contributed by atoms with Crippen LogP contribution in [0.3, 0.4) is 0 Å². The summed E-state index contributed by atoms with van der Waals surface area (Å²) in [4.78, 5) is 12.0. The lowest BCUT2D eigenvalue weighted by molar-refractivity contribution is 0.0951. The molecule has 0 bridgehead atoms. The Morgan fingerprint density at radius 2 is 1.95 bits per heavy atom. The Morgan fingerprint density at radius 1 is 1.25 bits per heavy atom. The average Bonchev–Trinajstić information content (AvgIpc) is 2.99. The lowest BCUT2D eigenvalue weighted by atomic mass is 10.0. The number of nitrogens with one attached hydrogen (secondary N) is 1. The minimum Gasteiger partial charge on any atom is -0.352 e. The van der Waals surface area contributed by atoms with Crippen LogP contribution in [0.25, 0.3) is 0 Å². The molecule has 0 radical (unpaired) electrons. The highest BCUT2D eigenvalue weighted by molar-refractivity contribution is 7.98. The van der Waals surface area contributed by atoms with Gasteiger partial charge in [0.15, 0.2) is 0 Å². The number of benzene rings is 1. The average molecular weight is 291 g/mol. The van der Waals surface area contributed by atoms with Gasteiger partial charge in [0, 0.05) is 17.9 Å². The van der Waals surface area contributed by atoms with Gasteiger partial charge in [-0.05, 0) is 35.8 Å². The maximum atomic E-state index is 12.0. The van der Waals surface area contributed by atoms with Crippen molar-refractivity contribution < 1.29 is 4.79 Å². The lowest BCUT2D eigenvalue weighted by Crippen LogP contribution is -2.25. The quantitative estimate of drug-likeness (QED) is 0.813. The van der Waals surface area contributed by atoms with E-state index >= 15 is 0 Å². The van der Waals surface area contributed by atoms with Crippen molar-refractivity contribution in [3.8, 4) is 0 Å². The van der Waals surface area contributed by atoms with Crippen molar-refractivity contribution in [2.24, 2.45) is 5.92 Å². The van der Waals surface area contributed by atoms with Gasteiger partial charge in [0.2, 0.25) is 0 Å². The second-order valence-electron chi connectivity index (χ2n) is 5.53. The molecule has 20 heavy (non-hydrogen) atoms. The van der Waals surface area contributed by atoms with Crippen LogP contribution in [0.1, 0.15) is 54.9 Å². The van der Waals surface area contributed by atoms with Crippen LogP contribution in [0.15, 0.2) is 24.3 Å². The third kappa shape index (κ3) is 4.86. The highest BCUT2D eigenvalue weighted by Gasteiger charge is 2.14. The number of rotatable bonds is 7. The topological polar surface area (TPSA) is 29.1 Å². The second kappa shape index (κ2) is 8.35. The molecule has 1 aliphatic carbocycles. The van der Waals surface area contributed by atoms with E-state index in [0.717, 1.165) is 36.0 Å². The van der Waals surface area contributed by atoms with Crippen LogP contribution in [0, 0.1) is 5.92 Å². The van der Waals surface area contributed by atoms with E-state index in [4.69, 9.17) is 0 Å². The first-order valence-electron chi connectivity index (χ1n) is 7.74. The molecule has 0 spiro atoms. The molecule has 0 heterocycles. The normalized spacial score (nSPS) is 15.4. The number of carbonyl (C=O) groups excluding carboxylic acids is 1. The van der Waals surface area contributed by atoms with Crippen LogP contribution in [0.5, 0.6) is 0 Å². The second-order valence-corrected chi connectivity index (χ2v) is 6.80. The van der Waals surface area contributed by atoms with E-state index in [1.165, 1.54) is 31.2 Å². The third-order valence-electron chi connectivity index (χ3n) is 4.00. The fourth-order valence-corrected chi connectivity index (χ4v) is 3.40. The van der Waals surface area contributed by atoms with Crippen molar-refractivity contribution in [2.45, 2.75) is 44.8 Å². The van der Waals surface area contributed by atoms with E-state index in [2.05, 4.69) is 24.4 Å². The Balaban J connectivity index is 1.73. The molecule has 3 heteroatoms. The molecule has 1 fully saturated rings. The fourth-order valence-electron chi connectivity index (χ4n) is 2.76. The first-order valence-corrected chi connectivity index (χ1v) is 8.90. The molecule has 2 rings (SSSR count). The summed E-state index contributed by atoms with van der Waals surface area (Å²) in [7, 11) is 0. The molecule has 1 aromatic rings. The van der Waals surface area contributed by atoms with Crippen LogP contribution in [-0.4, -0.2) is 18.2 Å². The van der Waals surface area contributed by atoms with E-state index in [1.54, 1.807) is 0 Å². The van der Waals surface area contributed by atoms with Crippen LogP contribution in [0.4, 0.5) is 0 Å². The molecule has 1 aliphatic rings. The number of hydrogen-bond donors (Lipinski definition) is 1. The standard InChI is InChI=1S/C17H25NOS/c1-2-20-13-15-7-9-16(10-8-15)17(19)18-12-11-14-5-3-4-6-14/h7-10,14H,2-6,11-13H2,1H3,(H,18,19). The summed E-state index contributed by atoms with van der Waals surface area (Å²) >= 11 is 1.90. The van der Waals surface area contributed by atoms with Crippen molar-refractivity contribution in [1.82, 2.24) is 5.32 Å². The Morgan fingerprint density at radius 3 is 2.60 bits per heavy atom. The largest absolute Gasteiger partial charge is 0.352 e. The van der Waals surface area contributed by atoms with Gasteiger partial charge in [-0.25, -0.2) is 0 Å². The van der Waals surface area contributed by atoms with E-state index in [0.29, 0.717) is 0 Å². The van der Waals surface area contributed by atoms with E-state index < -0.39 is 0 Å². The highest BCUT2D eigenvalue weighted by Crippen LogP contribution is 2.26. The third-order valence-corrected chi connectivity index (χ3v) is 4.95. The molecule has 1 aromatic carbocycles. The summed E-state index contributed by atoms with van der Waals surface area (Å²) in [5.41, 5.74) is 2.07. The Bertz CT molecular complexity index is 410. The predicted octanol–water partition coefficient (Wildman–Crippen LogP) is 4.25. The zero-order valence-corrected chi connectivity index (χ0v) is 13.2. The van der Waals surface area contributed by atoms with Crippen molar-refractivity contribution in [1.29, 1.82) is 0 Å². The van der Waals surface area contributed by atoms with Crippen LogP contribution < -0.4 is 5.32 Å². The smallest absolute Gasteiger partial charge is 0.251 e. The lowest BCUT2D eigenvalue weighted by Gasteiger charge is -2.10. The van der Waals surface area contributed by atoms with Crippen LogP contribution in [0.2, 0.25) is 0 Å². The van der Waals surface area contributed by atoms with Gasteiger partial charge in [-0.1, -0.05) is 44.7 Å². The minimum atomic E-state index is 0.0673. The Hall–Kier alpha value is -0.960. The van der Waals surface area contributed by atoms with Crippen LogP contribution >= 0.6 is 11.8 Å². The monoisotopic (exact) mass is 291 g/mol. The zero-order valence-electron chi connectivity index (χ0n) is 12.4. The first-order chi connectivity index (χ1) is 9.79. The van der Waals surface area contributed by atoms with Gasteiger partial charge in [-0.3, -0.25) is 4.79 Å². The summed E-state index contributed by atoms with van der Waals surface area (Å²) < 4.78 is 0.